The van der Waals surface area contributed by atoms with Crippen molar-refractivity contribution in [2.75, 3.05) is 19.5 Å². The van der Waals surface area contributed by atoms with Gasteiger partial charge in [-0.3, -0.25) is 4.79 Å². The van der Waals surface area contributed by atoms with Crippen molar-refractivity contribution in [1.29, 1.82) is 0 Å². The topological polar surface area (TPSA) is 63.4 Å². The van der Waals surface area contributed by atoms with E-state index in [-0.39, 0.29) is 5.91 Å². The Morgan fingerprint density at radius 2 is 1.56 bits per heavy atom. The van der Waals surface area contributed by atoms with Crippen LogP contribution in [0.5, 0.6) is 11.5 Å². The molecule has 0 radical (unpaired) electrons. The number of aromatic amines is 1. The highest BCUT2D eigenvalue weighted by molar-refractivity contribution is 6.13. The monoisotopic (exact) mass is 338 g/mol. The fraction of sp³-hybridized carbons (Fsp3) is 0.250. The lowest BCUT2D eigenvalue weighted by atomic mass is 10.0. The van der Waals surface area contributed by atoms with Crippen LogP contribution in [0.4, 0.5) is 5.69 Å². The number of amides is 1. The summed E-state index contributed by atoms with van der Waals surface area (Å²) >= 11 is 0. The molecule has 0 aliphatic carbocycles. The summed E-state index contributed by atoms with van der Waals surface area (Å²) in [6.45, 7) is 6.04. The molecule has 2 aromatic carbocycles. The zero-order valence-electron chi connectivity index (χ0n) is 15.1. The highest BCUT2D eigenvalue weighted by atomic mass is 16.5. The van der Waals surface area contributed by atoms with Crippen LogP contribution in [0.1, 0.15) is 27.0 Å². The minimum absolute atomic E-state index is 0.159. The van der Waals surface area contributed by atoms with Crippen LogP contribution >= 0.6 is 0 Å². The first-order chi connectivity index (χ1) is 11.9. The zero-order valence-corrected chi connectivity index (χ0v) is 15.1. The van der Waals surface area contributed by atoms with Crippen LogP contribution in [0.3, 0.4) is 0 Å². The molecule has 3 aromatic rings. The van der Waals surface area contributed by atoms with Gasteiger partial charge in [0.15, 0.2) is 11.5 Å². The molecule has 1 aromatic heterocycles. The number of aryl methyl sites for hydroxylation is 3. The maximum absolute atomic E-state index is 12.8. The van der Waals surface area contributed by atoms with E-state index in [0.29, 0.717) is 17.1 Å². The Bertz CT molecular complexity index is 934. The van der Waals surface area contributed by atoms with E-state index in [1.54, 1.807) is 20.4 Å². The highest BCUT2D eigenvalue weighted by Crippen LogP contribution is 2.33. The third-order valence-corrected chi connectivity index (χ3v) is 4.35. The third kappa shape index (κ3) is 3.05. The smallest absolute Gasteiger partial charge is 0.257 e. The lowest BCUT2D eigenvalue weighted by Crippen LogP contribution is -2.13. The number of hydrogen-bond donors (Lipinski definition) is 2. The molecule has 5 nitrogen and oxygen atoms in total. The van der Waals surface area contributed by atoms with Gasteiger partial charge in [-0.15, -0.1) is 0 Å². The quantitative estimate of drug-likeness (QED) is 0.743. The number of carbonyl (C=O) groups excluding carboxylic acids is 1. The summed E-state index contributed by atoms with van der Waals surface area (Å²) in [5.74, 6) is 1.05. The van der Waals surface area contributed by atoms with E-state index in [1.165, 1.54) is 5.56 Å². The fourth-order valence-corrected chi connectivity index (χ4v) is 3.19. The molecule has 1 heterocycles. The van der Waals surface area contributed by atoms with E-state index in [2.05, 4.69) is 22.4 Å². The molecular weight excluding hydrogens is 316 g/mol. The first-order valence-electron chi connectivity index (χ1n) is 8.07. The number of aromatic nitrogens is 1. The molecule has 130 valence electrons. The molecule has 0 aliphatic rings. The standard InChI is InChI=1S/C20H22N2O3/c1-11-6-12(2)19(13(3)7-11)22-20(23)15-10-21-16-9-18(25-5)17(24-4)8-14(15)16/h6-10,21H,1-5H3,(H,22,23). The first kappa shape index (κ1) is 16.9. The van der Waals surface area contributed by atoms with Crippen molar-refractivity contribution in [2.24, 2.45) is 0 Å². The molecular formula is C20H22N2O3. The predicted molar refractivity (Wildman–Crippen MR) is 100 cm³/mol. The number of carbonyl (C=O) groups is 1. The van der Waals surface area contributed by atoms with Gasteiger partial charge in [-0.1, -0.05) is 17.7 Å². The van der Waals surface area contributed by atoms with Crippen LogP contribution in [0, 0.1) is 20.8 Å². The SMILES string of the molecule is COc1cc2[nH]cc(C(=O)Nc3c(C)cc(C)cc3C)c2cc1OC. The Morgan fingerprint density at radius 3 is 2.16 bits per heavy atom. The Hall–Kier alpha value is -2.95. The van der Waals surface area contributed by atoms with Crippen LogP contribution in [0.25, 0.3) is 10.9 Å². The van der Waals surface area contributed by atoms with E-state index < -0.39 is 0 Å². The number of rotatable bonds is 4. The van der Waals surface area contributed by atoms with Crippen molar-refractivity contribution in [3.05, 3.63) is 52.7 Å². The fourth-order valence-electron chi connectivity index (χ4n) is 3.19. The maximum atomic E-state index is 12.8. The Balaban J connectivity index is 2.01. The van der Waals surface area contributed by atoms with Gasteiger partial charge >= 0.3 is 0 Å². The average molecular weight is 338 g/mol. The predicted octanol–water partition coefficient (Wildman–Crippen LogP) is 4.36. The van der Waals surface area contributed by atoms with Crippen LogP contribution in [0.15, 0.2) is 30.5 Å². The minimum atomic E-state index is -0.159. The Kier molecular flexibility index (Phi) is 4.40. The van der Waals surface area contributed by atoms with Gasteiger partial charge in [-0.25, -0.2) is 0 Å². The van der Waals surface area contributed by atoms with Crippen LogP contribution in [0.2, 0.25) is 0 Å². The number of H-pyrrole nitrogens is 1. The molecule has 0 fully saturated rings. The second-order valence-corrected chi connectivity index (χ2v) is 6.18. The lowest BCUT2D eigenvalue weighted by molar-refractivity contribution is 0.102. The highest BCUT2D eigenvalue weighted by Gasteiger charge is 2.17. The van der Waals surface area contributed by atoms with Gasteiger partial charge in [-0.05, 0) is 38.0 Å². The van der Waals surface area contributed by atoms with Crippen molar-refractivity contribution in [2.45, 2.75) is 20.8 Å². The van der Waals surface area contributed by atoms with E-state index in [9.17, 15) is 4.79 Å². The molecule has 1 amide bonds. The molecule has 3 rings (SSSR count). The summed E-state index contributed by atoms with van der Waals surface area (Å²) in [6.07, 6.45) is 1.71. The molecule has 0 bridgehead atoms. The van der Waals surface area contributed by atoms with Gasteiger partial charge in [0.1, 0.15) is 0 Å². The second kappa shape index (κ2) is 6.51. The number of fused-ring (bicyclic) bond motifs is 1. The Labute approximate surface area is 147 Å². The van der Waals surface area contributed by atoms with Crippen LogP contribution in [-0.2, 0) is 0 Å². The van der Waals surface area contributed by atoms with Gasteiger partial charge in [0, 0.05) is 23.3 Å². The maximum Gasteiger partial charge on any atom is 0.257 e. The largest absolute Gasteiger partial charge is 0.493 e. The van der Waals surface area contributed by atoms with Crippen molar-refractivity contribution >= 4 is 22.5 Å². The van der Waals surface area contributed by atoms with Gasteiger partial charge in [0.05, 0.1) is 25.3 Å². The lowest BCUT2D eigenvalue weighted by Gasteiger charge is -2.13. The number of benzene rings is 2. The van der Waals surface area contributed by atoms with Gasteiger partial charge in [-0.2, -0.15) is 0 Å². The molecule has 0 spiro atoms. The van der Waals surface area contributed by atoms with Crippen molar-refractivity contribution in [3.8, 4) is 11.5 Å². The van der Waals surface area contributed by atoms with Gasteiger partial charge in [0.2, 0.25) is 0 Å². The summed E-state index contributed by atoms with van der Waals surface area (Å²) in [4.78, 5) is 16.0. The minimum Gasteiger partial charge on any atom is -0.493 e. The van der Waals surface area contributed by atoms with E-state index in [4.69, 9.17) is 9.47 Å². The molecule has 0 atom stereocenters. The first-order valence-corrected chi connectivity index (χ1v) is 8.07. The summed E-state index contributed by atoms with van der Waals surface area (Å²) in [5, 5.41) is 3.82. The molecule has 5 heteroatoms. The Morgan fingerprint density at radius 1 is 0.960 bits per heavy atom. The normalized spacial score (nSPS) is 10.8. The van der Waals surface area contributed by atoms with E-state index >= 15 is 0 Å². The van der Waals surface area contributed by atoms with E-state index in [0.717, 1.165) is 27.7 Å². The zero-order chi connectivity index (χ0) is 18.1. The van der Waals surface area contributed by atoms with Gasteiger partial charge < -0.3 is 19.8 Å². The third-order valence-electron chi connectivity index (χ3n) is 4.35. The summed E-state index contributed by atoms with van der Waals surface area (Å²) in [5.41, 5.74) is 5.51. The average Bonchev–Trinajstić information content (AvgIpc) is 2.99. The number of hydrogen-bond acceptors (Lipinski definition) is 3. The summed E-state index contributed by atoms with van der Waals surface area (Å²) < 4.78 is 10.7. The molecule has 0 saturated heterocycles. The van der Waals surface area contributed by atoms with Gasteiger partial charge in [0.25, 0.3) is 5.91 Å². The summed E-state index contributed by atoms with van der Waals surface area (Å²) in [7, 11) is 3.16. The van der Waals surface area contributed by atoms with E-state index in [1.807, 2.05) is 32.9 Å². The molecule has 0 saturated carbocycles. The number of ether oxygens (including phenoxy) is 2. The van der Waals surface area contributed by atoms with Crippen molar-refractivity contribution in [3.63, 3.8) is 0 Å². The van der Waals surface area contributed by atoms with Crippen LogP contribution < -0.4 is 14.8 Å². The molecule has 0 unspecified atom stereocenters. The van der Waals surface area contributed by atoms with Crippen molar-refractivity contribution in [1.82, 2.24) is 4.98 Å². The van der Waals surface area contributed by atoms with Crippen LogP contribution in [-0.4, -0.2) is 25.1 Å². The number of anilines is 1. The number of nitrogens with one attached hydrogen (secondary N) is 2. The second-order valence-electron chi connectivity index (χ2n) is 6.18. The molecule has 2 N–H and O–H groups in total. The summed E-state index contributed by atoms with van der Waals surface area (Å²) in [6, 6.07) is 7.76. The number of methoxy groups -OCH3 is 2. The molecule has 0 aliphatic heterocycles. The van der Waals surface area contributed by atoms with Crippen molar-refractivity contribution < 1.29 is 14.3 Å². The molecule has 25 heavy (non-hydrogen) atoms.